The lowest BCUT2D eigenvalue weighted by Gasteiger charge is -2.44. The molecule has 1 fully saturated rings. The number of anilines is 3. The van der Waals surface area contributed by atoms with Gasteiger partial charge in [-0.2, -0.15) is 4.52 Å². The maximum Gasteiger partial charge on any atom is 0.217 e. The van der Waals surface area contributed by atoms with Crippen molar-refractivity contribution in [3.63, 3.8) is 0 Å². The van der Waals surface area contributed by atoms with Gasteiger partial charge in [-0.25, -0.2) is 19.3 Å². The zero-order valence-corrected chi connectivity index (χ0v) is 24.3. The van der Waals surface area contributed by atoms with Crippen molar-refractivity contribution in [1.82, 2.24) is 24.5 Å². The fourth-order valence-electron chi connectivity index (χ4n) is 4.88. The Kier molecular flexibility index (Phi) is 8.07. The molecule has 0 aliphatic carbocycles. The second kappa shape index (κ2) is 11.4. The van der Waals surface area contributed by atoms with E-state index in [1.54, 1.807) is 17.0 Å². The summed E-state index contributed by atoms with van der Waals surface area (Å²) < 4.78 is 21.0. The molecule has 40 heavy (non-hydrogen) atoms. The third-order valence-electron chi connectivity index (χ3n) is 6.89. The number of rotatable bonds is 8. The van der Waals surface area contributed by atoms with Crippen molar-refractivity contribution in [3.05, 3.63) is 53.3 Å². The molecule has 4 aromatic rings. The van der Waals surface area contributed by atoms with Crippen LogP contribution in [-0.2, 0) is 11.2 Å². The highest BCUT2D eigenvalue weighted by atomic mass is 32.1. The Bertz CT molecular complexity index is 1450. The van der Waals surface area contributed by atoms with E-state index in [1.807, 2.05) is 54.7 Å². The first-order chi connectivity index (χ1) is 19.1. The van der Waals surface area contributed by atoms with Crippen molar-refractivity contribution in [2.75, 3.05) is 43.1 Å². The highest BCUT2D eigenvalue weighted by Crippen LogP contribution is 2.34. The van der Waals surface area contributed by atoms with Gasteiger partial charge in [-0.1, -0.05) is 6.92 Å². The van der Waals surface area contributed by atoms with Crippen LogP contribution in [0.1, 0.15) is 33.4 Å². The smallest absolute Gasteiger partial charge is 0.217 e. The molecule has 0 amide bonds. The minimum atomic E-state index is -1.10. The summed E-state index contributed by atoms with van der Waals surface area (Å²) in [5.41, 5.74) is 2.73. The Balaban J connectivity index is 1.42. The van der Waals surface area contributed by atoms with Gasteiger partial charge in [-0.3, -0.25) is 0 Å². The van der Waals surface area contributed by atoms with Crippen molar-refractivity contribution in [2.45, 2.75) is 52.2 Å². The minimum absolute atomic E-state index is 0.122. The number of aromatic nitrogens is 4. The van der Waals surface area contributed by atoms with Crippen molar-refractivity contribution >= 4 is 33.8 Å². The zero-order valence-electron chi connectivity index (χ0n) is 23.5. The summed E-state index contributed by atoms with van der Waals surface area (Å²) in [6.45, 7) is 9.19. The monoisotopic (exact) mass is 569 g/mol. The lowest BCUT2D eigenvalue weighted by molar-refractivity contribution is -0.251. The first-order valence-electron chi connectivity index (χ1n) is 13.4. The molecule has 0 bridgehead atoms. The van der Waals surface area contributed by atoms with Gasteiger partial charge in [0.15, 0.2) is 16.6 Å². The number of imidazole rings is 1. The molecule has 1 unspecified atom stereocenters. The molecule has 12 heteroatoms. The van der Waals surface area contributed by atoms with Crippen LogP contribution >= 0.6 is 11.3 Å². The number of halogens is 1. The molecule has 5 rings (SSSR count). The van der Waals surface area contributed by atoms with Crippen molar-refractivity contribution < 1.29 is 19.3 Å². The fourth-order valence-corrected chi connectivity index (χ4v) is 5.68. The SMILES string of the molecule is CCc1nc2ccc(N3CCN(C(O)OC(C)(C)C)[C@H](CO)C3)nn2c1N(C)c1nc(-c2ccc(F)cc2)cs1. The van der Waals surface area contributed by atoms with E-state index < -0.39 is 12.0 Å². The largest absolute Gasteiger partial charge is 0.395 e. The topological polar surface area (TPSA) is 102 Å². The summed E-state index contributed by atoms with van der Waals surface area (Å²) >= 11 is 1.50. The molecule has 0 spiro atoms. The van der Waals surface area contributed by atoms with Gasteiger partial charge in [-0.15, -0.1) is 16.4 Å². The Morgan fingerprint density at radius 3 is 2.58 bits per heavy atom. The Morgan fingerprint density at radius 2 is 1.90 bits per heavy atom. The van der Waals surface area contributed by atoms with E-state index in [0.29, 0.717) is 26.1 Å². The van der Waals surface area contributed by atoms with E-state index >= 15 is 0 Å². The summed E-state index contributed by atoms with van der Waals surface area (Å²) in [6, 6.07) is 9.88. The number of nitrogens with zero attached hydrogens (tertiary/aromatic N) is 7. The van der Waals surface area contributed by atoms with Crippen LogP contribution in [0.4, 0.5) is 21.2 Å². The number of aryl methyl sites for hydroxylation is 1. The molecule has 214 valence electrons. The molecular formula is C28H36FN7O3S. The van der Waals surface area contributed by atoms with Gasteiger partial charge < -0.3 is 24.7 Å². The summed E-state index contributed by atoms with van der Waals surface area (Å²) in [5, 5.41) is 28.5. The quantitative estimate of drug-likeness (QED) is 0.306. The van der Waals surface area contributed by atoms with Gasteiger partial charge in [0.05, 0.1) is 29.6 Å². The van der Waals surface area contributed by atoms with Crippen LogP contribution < -0.4 is 9.80 Å². The number of thiazole rings is 1. The molecule has 1 aliphatic rings. The van der Waals surface area contributed by atoms with E-state index in [0.717, 1.165) is 39.4 Å². The first-order valence-corrected chi connectivity index (χ1v) is 14.3. The highest BCUT2D eigenvalue weighted by Gasteiger charge is 2.34. The van der Waals surface area contributed by atoms with E-state index in [9.17, 15) is 14.6 Å². The van der Waals surface area contributed by atoms with Gasteiger partial charge >= 0.3 is 0 Å². The molecule has 3 aromatic heterocycles. The maximum atomic E-state index is 13.4. The van der Waals surface area contributed by atoms with Crippen LogP contribution in [0, 0.1) is 5.82 Å². The number of aliphatic hydroxyl groups is 2. The Labute approximate surface area is 237 Å². The van der Waals surface area contributed by atoms with Crippen LogP contribution in [0.5, 0.6) is 0 Å². The van der Waals surface area contributed by atoms with Crippen LogP contribution in [0.2, 0.25) is 0 Å². The molecule has 10 nitrogen and oxygen atoms in total. The Morgan fingerprint density at radius 1 is 1.15 bits per heavy atom. The van der Waals surface area contributed by atoms with Crippen LogP contribution in [0.25, 0.3) is 16.9 Å². The molecule has 2 N–H and O–H groups in total. The number of ether oxygens (including phenoxy) is 1. The number of aliphatic hydroxyl groups excluding tert-OH is 2. The second-order valence-corrected chi connectivity index (χ2v) is 11.7. The third kappa shape index (κ3) is 5.81. The lowest BCUT2D eigenvalue weighted by Crippen LogP contribution is -2.59. The number of fused-ring (bicyclic) bond motifs is 1. The zero-order chi connectivity index (χ0) is 28.6. The summed E-state index contributed by atoms with van der Waals surface area (Å²) in [4.78, 5) is 15.5. The highest BCUT2D eigenvalue weighted by molar-refractivity contribution is 7.14. The summed E-state index contributed by atoms with van der Waals surface area (Å²) in [5.74, 6) is 1.29. The molecule has 2 atom stereocenters. The number of hydrogen-bond acceptors (Lipinski definition) is 10. The predicted octanol–water partition coefficient (Wildman–Crippen LogP) is 3.90. The first kappa shape index (κ1) is 28.4. The molecule has 0 saturated carbocycles. The summed E-state index contributed by atoms with van der Waals surface area (Å²) in [7, 11) is 1.95. The third-order valence-corrected chi connectivity index (χ3v) is 7.80. The van der Waals surface area contributed by atoms with Gasteiger partial charge in [-0.05, 0) is 63.6 Å². The number of hydrogen-bond donors (Lipinski definition) is 2. The fraction of sp³-hybridized carbons (Fsp3) is 0.464. The molecule has 0 radical (unpaired) electrons. The number of piperazine rings is 1. The van der Waals surface area contributed by atoms with E-state index in [4.69, 9.17) is 19.8 Å². The van der Waals surface area contributed by atoms with Crippen molar-refractivity contribution in [3.8, 4) is 11.3 Å². The lowest BCUT2D eigenvalue weighted by atomic mass is 10.1. The second-order valence-electron chi connectivity index (χ2n) is 10.9. The van der Waals surface area contributed by atoms with E-state index in [-0.39, 0.29) is 18.5 Å². The standard InChI is InChI=1S/C28H36FN7O3S/c1-6-21-25(33(5)26-31-22(17-40-26)18-7-9-19(29)10-8-18)36-23(30-21)11-12-24(32-36)34-13-14-35(20(15-34)16-37)27(38)39-28(2,3)4/h7-12,17,20,27,37-38H,6,13-16H2,1-5H3/t20-,27?/m0/s1. The predicted molar refractivity (Wildman–Crippen MR) is 155 cm³/mol. The van der Waals surface area contributed by atoms with Gasteiger partial charge in [0.1, 0.15) is 11.6 Å². The van der Waals surface area contributed by atoms with Gasteiger partial charge in [0.2, 0.25) is 6.41 Å². The van der Waals surface area contributed by atoms with Gasteiger partial charge in [0, 0.05) is 37.6 Å². The molecule has 4 heterocycles. The molecule has 1 aromatic carbocycles. The van der Waals surface area contributed by atoms with Crippen LogP contribution in [0.3, 0.4) is 0 Å². The van der Waals surface area contributed by atoms with Gasteiger partial charge in [0.25, 0.3) is 0 Å². The van der Waals surface area contributed by atoms with Crippen LogP contribution in [-0.4, -0.2) is 86.0 Å². The van der Waals surface area contributed by atoms with E-state index in [2.05, 4.69) is 11.8 Å². The average molecular weight is 570 g/mol. The molecular weight excluding hydrogens is 533 g/mol. The number of benzene rings is 1. The van der Waals surface area contributed by atoms with Crippen molar-refractivity contribution in [2.24, 2.45) is 0 Å². The summed E-state index contributed by atoms with van der Waals surface area (Å²) in [6.07, 6.45) is -0.389. The van der Waals surface area contributed by atoms with E-state index in [1.165, 1.54) is 23.5 Å². The average Bonchev–Trinajstić information content (AvgIpc) is 3.56. The maximum absolute atomic E-state index is 13.4. The molecule has 1 saturated heterocycles. The molecule has 1 aliphatic heterocycles. The Hall–Kier alpha value is -3.16. The van der Waals surface area contributed by atoms with Crippen molar-refractivity contribution in [1.29, 1.82) is 0 Å². The van der Waals surface area contributed by atoms with Crippen LogP contribution in [0.15, 0.2) is 41.8 Å². The minimum Gasteiger partial charge on any atom is -0.395 e. The normalized spacial score (nSPS) is 17.5.